The van der Waals surface area contributed by atoms with Crippen LogP contribution in [0.4, 0.5) is 11.4 Å². The fourth-order valence-electron chi connectivity index (χ4n) is 3.74. The first-order chi connectivity index (χ1) is 16.6. The van der Waals surface area contributed by atoms with Crippen molar-refractivity contribution in [2.45, 2.75) is 0 Å². The molecule has 5 aromatic carbocycles. The predicted octanol–water partition coefficient (Wildman–Crippen LogP) is 7.77. The van der Waals surface area contributed by atoms with Gasteiger partial charge in [0.05, 0.1) is 0 Å². The van der Waals surface area contributed by atoms with Gasteiger partial charge in [-0.2, -0.15) is 0 Å². The molecule has 0 unspecified atom stereocenters. The van der Waals surface area contributed by atoms with Gasteiger partial charge in [0.15, 0.2) is 0 Å². The lowest BCUT2D eigenvalue weighted by Gasteiger charge is -2.12. The van der Waals surface area contributed by atoms with Gasteiger partial charge in [0.1, 0.15) is 23.0 Å². The van der Waals surface area contributed by atoms with Gasteiger partial charge in [0.25, 0.3) is 0 Å². The zero-order valence-electron chi connectivity index (χ0n) is 18.5. The van der Waals surface area contributed by atoms with Crippen LogP contribution in [0.15, 0.2) is 121 Å². The molecule has 0 aliphatic heterocycles. The summed E-state index contributed by atoms with van der Waals surface area (Å²) in [5.41, 5.74) is 17.4. The van der Waals surface area contributed by atoms with Crippen LogP contribution >= 0.6 is 0 Å². The molecule has 0 aromatic heterocycles. The Morgan fingerprint density at radius 3 is 0.971 bits per heavy atom. The maximum atomic E-state index is 5.93. The maximum absolute atomic E-state index is 5.93. The quantitative estimate of drug-likeness (QED) is 0.262. The molecular weight excluding hydrogens is 420 g/mol. The summed E-state index contributed by atoms with van der Waals surface area (Å²) in [6.07, 6.45) is 0. The smallest absolute Gasteiger partial charge is 0.127 e. The molecule has 0 heterocycles. The van der Waals surface area contributed by atoms with Crippen molar-refractivity contribution in [1.29, 1.82) is 0 Å². The number of benzene rings is 5. The minimum atomic E-state index is 0.712. The monoisotopic (exact) mass is 444 g/mol. The van der Waals surface area contributed by atoms with Gasteiger partial charge in [-0.05, 0) is 95.1 Å². The van der Waals surface area contributed by atoms with Crippen molar-refractivity contribution in [3.63, 3.8) is 0 Å². The first kappa shape index (κ1) is 21.2. The van der Waals surface area contributed by atoms with Gasteiger partial charge >= 0.3 is 0 Å². The van der Waals surface area contributed by atoms with Crippen molar-refractivity contribution in [3.05, 3.63) is 121 Å². The Balaban J connectivity index is 1.36. The van der Waals surface area contributed by atoms with Gasteiger partial charge in [0, 0.05) is 11.4 Å². The minimum absolute atomic E-state index is 0.712. The number of anilines is 2. The first-order valence-corrected chi connectivity index (χ1v) is 11.0. The zero-order chi connectivity index (χ0) is 23.3. The summed E-state index contributed by atoms with van der Waals surface area (Å²) in [7, 11) is 0. The molecule has 166 valence electrons. The second-order valence-electron chi connectivity index (χ2n) is 7.94. The predicted molar refractivity (Wildman–Crippen MR) is 139 cm³/mol. The summed E-state index contributed by atoms with van der Waals surface area (Å²) in [4.78, 5) is 0. The Kier molecular flexibility index (Phi) is 5.87. The van der Waals surface area contributed by atoms with Crippen LogP contribution in [-0.2, 0) is 0 Å². The molecule has 0 aliphatic rings. The lowest BCUT2D eigenvalue weighted by atomic mass is 9.94. The average molecular weight is 445 g/mol. The topological polar surface area (TPSA) is 70.5 Å². The highest BCUT2D eigenvalue weighted by atomic mass is 16.5. The number of hydrogen-bond acceptors (Lipinski definition) is 4. The van der Waals surface area contributed by atoms with Crippen molar-refractivity contribution in [3.8, 4) is 45.3 Å². The van der Waals surface area contributed by atoms with E-state index in [-0.39, 0.29) is 0 Å². The van der Waals surface area contributed by atoms with E-state index in [0.29, 0.717) is 11.4 Å². The van der Waals surface area contributed by atoms with Crippen molar-refractivity contribution in [2.24, 2.45) is 0 Å². The van der Waals surface area contributed by atoms with Gasteiger partial charge < -0.3 is 20.9 Å². The molecule has 4 N–H and O–H groups in total. The zero-order valence-corrected chi connectivity index (χ0v) is 18.5. The lowest BCUT2D eigenvalue weighted by molar-refractivity contribution is 0.482. The van der Waals surface area contributed by atoms with Gasteiger partial charge in [-0.3, -0.25) is 0 Å². The molecule has 4 nitrogen and oxygen atoms in total. The van der Waals surface area contributed by atoms with Crippen LogP contribution in [0.25, 0.3) is 22.3 Å². The van der Waals surface area contributed by atoms with Crippen LogP contribution in [0.1, 0.15) is 0 Å². The van der Waals surface area contributed by atoms with Gasteiger partial charge in [-0.1, -0.05) is 48.5 Å². The molecule has 4 heteroatoms. The number of nitrogen functional groups attached to an aromatic ring is 2. The van der Waals surface area contributed by atoms with Crippen molar-refractivity contribution in [2.75, 3.05) is 11.5 Å². The Hall–Kier alpha value is -4.70. The standard InChI is InChI=1S/C30H24N2O2/c31-23-9-17-27(18-10-23)33-25-13-5-21(6-14-25)29-3-1-2-4-30(29)22-7-15-26(16-8-22)34-28-19-11-24(32)12-20-28/h1-20H,31-32H2. The van der Waals surface area contributed by atoms with E-state index in [2.05, 4.69) is 48.5 Å². The molecule has 0 radical (unpaired) electrons. The fourth-order valence-corrected chi connectivity index (χ4v) is 3.74. The number of hydrogen-bond donors (Lipinski definition) is 2. The van der Waals surface area contributed by atoms with Crippen molar-refractivity contribution < 1.29 is 9.47 Å². The summed E-state index contributed by atoms with van der Waals surface area (Å²) in [6.45, 7) is 0. The van der Waals surface area contributed by atoms with E-state index in [1.807, 2.05) is 72.8 Å². The van der Waals surface area contributed by atoms with Gasteiger partial charge in [0.2, 0.25) is 0 Å². The molecule has 34 heavy (non-hydrogen) atoms. The Labute approximate surface area is 199 Å². The second kappa shape index (κ2) is 9.43. The summed E-state index contributed by atoms with van der Waals surface area (Å²) < 4.78 is 11.9. The molecule has 0 bridgehead atoms. The van der Waals surface area contributed by atoms with Gasteiger partial charge in [-0.15, -0.1) is 0 Å². The van der Waals surface area contributed by atoms with Crippen LogP contribution < -0.4 is 20.9 Å². The molecule has 0 saturated carbocycles. The summed E-state index contributed by atoms with van der Waals surface area (Å²) in [5.74, 6) is 3.05. The Morgan fingerprint density at radius 1 is 0.353 bits per heavy atom. The van der Waals surface area contributed by atoms with E-state index < -0.39 is 0 Å². The van der Waals surface area contributed by atoms with Crippen LogP contribution in [-0.4, -0.2) is 0 Å². The molecular formula is C30H24N2O2. The molecule has 0 saturated heterocycles. The van der Waals surface area contributed by atoms with Crippen LogP contribution in [0, 0.1) is 0 Å². The van der Waals surface area contributed by atoms with Crippen LogP contribution in [0.5, 0.6) is 23.0 Å². The van der Waals surface area contributed by atoms with E-state index >= 15 is 0 Å². The maximum Gasteiger partial charge on any atom is 0.127 e. The second-order valence-corrected chi connectivity index (χ2v) is 7.94. The lowest BCUT2D eigenvalue weighted by Crippen LogP contribution is -1.89. The molecule has 0 amide bonds. The molecule has 0 aliphatic carbocycles. The Bertz CT molecular complexity index is 1270. The molecule has 0 atom stereocenters. The largest absolute Gasteiger partial charge is 0.457 e. The van der Waals surface area contributed by atoms with Crippen LogP contribution in [0.3, 0.4) is 0 Å². The summed E-state index contributed by atoms with van der Waals surface area (Å²) in [6, 6.07) is 39.3. The molecule has 0 fully saturated rings. The number of nitrogens with two attached hydrogens (primary N) is 2. The normalized spacial score (nSPS) is 10.6. The fraction of sp³-hybridized carbons (Fsp3) is 0. The summed E-state index contributed by atoms with van der Waals surface area (Å²) in [5, 5.41) is 0. The van der Waals surface area contributed by atoms with Crippen molar-refractivity contribution >= 4 is 11.4 Å². The third-order valence-corrected chi connectivity index (χ3v) is 5.49. The van der Waals surface area contributed by atoms with E-state index in [9.17, 15) is 0 Å². The number of rotatable bonds is 6. The minimum Gasteiger partial charge on any atom is -0.457 e. The van der Waals surface area contributed by atoms with Crippen molar-refractivity contribution in [1.82, 2.24) is 0 Å². The van der Waals surface area contributed by atoms with Gasteiger partial charge in [-0.25, -0.2) is 0 Å². The Morgan fingerprint density at radius 2 is 0.647 bits per heavy atom. The molecule has 0 spiro atoms. The summed E-state index contributed by atoms with van der Waals surface area (Å²) >= 11 is 0. The number of ether oxygens (including phenoxy) is 2. The molecule has 5 rings (SSSR count). The van der Waals surface area contributed by atoms with E-state index in [1.165, 1.54) is 0 Å². The van der Waals surface area contributed by atoms with E-state index in [4.69, 9.17) is 20.9 Å². The molecule has 5 aromatic rings. The first-order valence-electron chi connectivity index (χ1n) is 11.0. The SMILES string of the molecule is Nc1ccc(Oc2ccc(-c3ccccc3-c3ccc(Oc4ccc(N)cc4)cc3)cc2)cc1. The van der Waals surface area contributed by atoms with E-state index in [1.54, 1.807) is 0 Å². The third-order valence-electron chi connectivity index (χ3n) is 5.49. The average Bonchev–Trinajstić information content (AvgIpc) is 2.88. The highest BCUT2D eigenvalue weighted by Gasteiger charge is 2.08. The van der Waals surface area contributed by atoms with E-state index in [0.717, 1.165) is 45.3 Å². The third kappa shape index (κ3) is 4.87. The van der Waals surface area contributed by atoms with Crippen LogP contribution in [0.2, 0.25) is 0 Å². The highest BCUT2D eigenvalue weighted by Crippen LogP contribution is 2.35. The highest BCUT2D eigenvalue weighted by molar-refractivity contribution is 5.83.